The summed E-state index contributed by atoms with van der Waals surface area (Å²) in [5.41, 5.74) is 0.692. The number of ether oxygens (including phenoxy) is 2. The SMILES string of the molecule is COc1ccc(S(=O)(=O)N(C)C)cc1CCC(=O)NC[C@H]1CCCO1. The minimum atomic E-state index is -3.52. The average molecular weight is 370 g/mol. The van der Waals surface area contributed by atoms with Crippen molar-refractivity contribution in [2.45, 2.75) is 36.7 Å². The summed E-state index contributed by atoms with van der Waals surface area (Å²) in [5.74, 6) is 0.489. The number of sulfonamides is 1. The molecule has 140 valence electrons. The molecule has 0 aliphatic carbocycles. The minimum Gasteiger partial charge on any atom is -0.496 e. The molecule has 1 aromatic rings. The lowest BCUT2D eigenvalue weighted by molar-refractivity contribution is -0.121. The molecule has 2 rings (SSSR count). The van der Waals surface area contributed by atoms with Gasteiger partial charge in [-0.15, -0.1) is 0 Å². The molecule has 1 heterocycles. The van der Waals surface area contributed by atoms with Crippen molar-refractivity contribution < 1.29 is 22.7 Å². The number of rotatable bonds is 8. The fourth-order valence-corrected chi connectivity index (χ4v) is 3.64. The number of carbonyl (C=O) groups is 1. The third-order valence-electron chi connectivity index (χ3n) is 4.20. The summed E-state index contributed by atoms with van der Waals surface area (Å²) in [6.07, 6.45) is 2.77. The maximum Gasteiger partial charge on any atom is 0.242 e. The first-order valence-corrected chi connectivity index (χ1v) is 9.76. The zero-order valence-electron chi connectivity index (χ0n) is 14.9. The van der Waals surface area contributed by atoms with Crippen molar-refractivity contribution in [2.75, 3.05) is 34.4 Å². The molecule has 0 bridgehead atoms. The summed E-state index contributed by atoms with van der Waals surface area (Å²) < 4.78 is 36.4. The van der Waals surface area contributed by atoms with E-state index in [-0.39, 0.29) is 23.3 Å². The summed E-state index contributed by atoms with van der Waals surface area (Å²) in [7, 11) is 0.969. The highest BCUT2D eigenvalue weighted by Crippen LogP contribution is 2.25. The van der Waals surface area contributed by atoms with Gasteiger partial charge in [0.15, 0.2) is 0 Å². The number of nitrogens with zero attached hydrogens (tertiary/aromatic N) is 1. The van der Waals surface area contributed by atoms with Crippen LogP contribution in [0.2, 0.25) is 0 Å². The zero-order valence-corrected chi connectivity index (χ0v) is 15.8. The van der Waals surface area contributed by atoms with E-state index >= 15 is 0 Å². The van der Waals surface area contributed by atoms with Crippen molar-refractivity contribution >= 4 is 15.9 Å². The first-order valence-electron chi connectivity index (χ1n) is 8.32. The number of nitrogens with one attached hydrogen (secondary N) is 1. The minimum absolute atomic E-state index is 0.0848. The van der Waals surface area contributed by atoms with Gasteiger partial charge in [0, 0.05) is 33.7 Å². The highest BCUT2D eigenvalue weighted by molar-refractivity contribution is 7.89. The predicted octanol–water partition coefficient (Wildman–Crippen LogP) is 1.17. The largest absolute Gasteiger partial charge is 0.496 e. The van der Waals surface area contributed by atoms with Gasteiger partial charge in [-0.05, 0) is 43.0 Å². The Morgan fingerprint density at radius 2 is 2.16 bits per heavy atom. The van der Waals surface area contributed by atoms with E-state index in [1.807, 2.05) is 0 Å². The Balaban J connectivity index is 2.00. The van der Waals surface area contributed by atoms with Crippen LogP contribution in [0.4, 0.5) is 0 Å². The molecule has 0 spiro atoms. The van der Waals surface area contributed by atoms with Crippen LogP contribution in [0.3, 0.4) is 0 Å². The molecule has 1 fully saturated rings. The molecular weight excluding hydrogens is 344 g/mol. The molecule has 1 amide bonds. The second-order valence-electron chi connectivity index (χ2n) is 6.20. The number of aryl methyl sites for hydroxylation is 1. The molecule has 7 nitrogen and oxygen atoms in total. The molecule has 1 aromatic carbocycles. The van der Waals surface area contributed by atoms with Crippen molar-refractivity contribution in [2.24, 2.45) is 0 Å². The van der Waals surface area contributed by atoms with E-state index in [9.17, 15) is 13.2 Å². The summed E-state index contributed by atoms with van der Waals surface area (Å²) in [4.78, 5) is 12.2. The fraction of sp³-hybridized carbons (Fsp3) is 0.588. The molecule has 1 aliphatic rings. The lowest BCUT2D eigenvalue weighted by Crippen LogP contribution is -2.31. The van der Waals surface area contributed by atoms with Gasteiger partial charge in [0.1, 0.15) is 5.75 Å². The molecule has 8 heteroatoms. The number of amides is 1. The van der Waals surface area contributed by atoms with Crippen molar-refractivity contribution in [1.29, 1.82) is 0 Å². The van der Waals surface area contributed by atoms with Crippen molar-refractivity contribution in [1.82, 2.24) is 9.62 Å². The summed E-state index contributed by atoms with van der Waals surface area (Å²) in [6.45, 7) is 1.27. The molecule has 1 atom stereocenters. The lowest BCUT2D eigenvalue weighted by Gasteiger charge is -2.15. The molecule has 25 heavy (non-hydrogen) atoms. The van der Waals surface area contributed by atoms with Crippen LogP contribution >= 0.6 is 0 Å². The Hall–Kier alpha value is -1.64. The van der Waals surface area contributed by atoms with Crippen molar-refractivity contribution in [3.63, 3.8) is 0 Å². The summed E-state index contributed by atoms with van der Waals surface area (Å²) in [5, 5.41) is 2.86. The third-order valence-corrected chi connectivity index (χ3v) is 6.01. The topological polar surface area (TPSA) is 84.9 Å². The first kappa shape index (κ1) is 19.7. The first-order chi connectivity index (χ1) is 11.8. The van der Waals surface area contributed by atoms with Crippen LogP contribution in [0.15, 0.2) is 23.1 Å². The monoisotopic (exact) mass is 370 g/mol. The highest BCUT2D eigenvalue weighted by Gasteiger charge is 2.20. The van der Waals surface area contributed by atoms with E-state index in [1.165, 1.54) is 27.3 Å². The summed E-state index contributed by atoms with van der Waals surface area (Å²) in [6, 6.07) is 4.70. The smallest absolute Gasteiger partial charge is 0.242 e. The number of benzene rings is 1. The van der Waals surface area contributed by atoms with Gasteiger partial charge < -0.3 is 14.8 Å². The number of hydrogen-bond acceptors (Lipinski definition) is 5. The quantitative estimate of drug-likeness (QED) is 0.743. The van der Waals surface area contributed by atoms with Crippen LogP contribution in [0.5, 0.6) is 5.75 Å². The van der Waals surface area contributed by atoms with E-state index in [2.05, 4.69) is 5.32 Å². The van der Waals surface area contributed by atoms with Gasteiger partial charge >= 0.3 is 0 Å². The van der Waals surface area contributed by atoms with Gasteiger partial charge in [-0.1, -0.05) is 0 Å². The normalized spacial score (nSPS) is 17.7. The Morgan fingerprint density at radius 3 is 2.76 bits per heavy atom. The van der Waals surface area contributed by atoms with Crippen LogP contribution in [-0.2, 0) is 26.0 Å². The van der Waals surface area contributed by atoms with Gasteiger partial charge in [0.05, 0.1) is 18.1 Å². The Bertz CT molecular complexity index is 697. The van der Waals surface area contributed by atoms with Crippen LogP contribution in [-0.4, -0.2) is 59.1 Å². The second-order valence-corrected chi connectivity index (χ2v) is 8.35. The molecular formula is C17H26N2O5S. The molecule has 0 aromatic heterocycles. The van der Waals surface area contributed by atoms with E-state index in [0.29, 0.717) is 24.3 Å². The van der Waals surface area contributed by atoms with Crippen LogP contribution in [0.1, 0.15) is 24.8 Å². The van der Waals surface area contributed by atoms with Crippen molar-refractivity contribution in [3.05, 3.63) is 23.8 Å². The van der Waals surface area contributed by atoms with Gasteiger partial charge in [-0.25, -0.2) is 12.7 Å². The number of hydrogen-bond donors (Lipinski definition) is 1. The Kier molecular flexibility index (Phi) is 6.80. The van der Waals surface area contributed by atoms with E-state index in [1.54, 1.807) is 12.1 Å². The standard InChI is InChI=1S/C17H26N2O5S/c1-19(2)25(21,22)15-7-8-16(23-3)13(11-15)6-9-17(20)18-12-14-5-4-10-24-14/h7-8,11,14H,4-6,9-10,12H2,1-3H3,(H,18,20)/t14-/m1/s1. The number of methoxy groups -OCH3 is 1. The van der Waals surface area contributed by atoms with Crippen LogP contribution in [0, 0.1) is 0 Å². The van der Waals surface area contributed by atoms with Crippen LogP contribution < -0.4 is 10.1 Å². The maximum absolute atomic E-state index is 12.3. The molecule has 1 saturated heterocycles. The molecule has 0 saturated carbocycles. The van der Waals surface area contributed by atoms with E-state index < -0.39 is 10.0 Å². The van der Waals surface area contributed by atoms with Gasteiger partial charge in [-0.3, -0.25) is 4.79 Å². The Morgan fingerprint density at radius 1 is 1.40 bits per heavy atom. The third kappa shape index (κ3) is 5.17. The Labute approximate surface area is 149 Å². The fourth-order valence-electron chi connectivity index (χ4n) is 2.69. The van der Waals surface area contributed by atoms with Gasteiger partial charge in [0.2, 0.25) is 15.9 Å². The number of carbonyl (C=O) groups excluding carboxylic acids is 1. The van der Waals surface area contributed by atoms with Gasteiger partial charge in [0.25, 0.3) is 0 Å². The van der Waals surface area contributed by atoms with Crippen molar-refractivity contribution in [3.8, 4) is 5.75 Å². The maximum atomic E-state index is 12.3. The average Bonchev–Trinajstić information content (AvgIpc) is 3.11. The second kappa shape index (κ2) is 8.64. The van der Waals surface area contributed by atoms with Gasteiger partial charge in [-0.2, -0.15) is 0 Å². The predicted molar refractivity (Wildman–Crippen MR) is 94.2 cm³/mol. The highest BCUT2D eigenvalue weighted by atomic mass is 32.2. The molecule has 0 radical (unpaired) electrons. The molecule has 0 unspecified atom stereocenters. The lowest BCUT2D eigenvalue weighted by atomic mass is 10.1. The molecule has 1 N–H and O–H groups in total. The molecule has 1 aliphatic heterocycles. The van der Waals surface area contributed by atoms with Crippen LogP contribution in [0.25, 0.3) is 0 Å². The van der Waals surface area contributed by atoms with E-state index in [4.69, 9.17) is 9.47 Å². The summed E-state index contributed by atoms with van der Waals surface area (Å²) >= 11 is 0. The van der Waals surface area contributed by atoms with E-state index in [0.717, 1.165) is 23.8 Å². The zero-order chi connectivity index (χ0) is 18.4.